The van der Waals surface area contributed by atoms with Gasteiger partial charge in [0.25, 0.3) is 0 Å². The molecule has 0 aromatic carbocycles. The summed E-state index contributed by atoms with van der Waals surface area (Å²) < 4.78 is 1.99. The van der Waals surface area contributed by atoms with E-state index >= 15 is 0 Å². The summed E-state index contributed by atoms with van der Waals surface area (Å²) in [6, 6.07) is 0. The maximum Gasteiger partial charge on any atom is 0.226 e. The molecule has 0 atom stereocenters. The van der Waals surface area contributed by atoms with Gasteiger partial charge in [0.05, 0.1) is 11.6 Å². The number of H-pyrrole nitrogens is 1. The highest BCUT2D eigenvalue weighted by Crippen LogP contribution is 2.20. The van der Waals surface area contributed by atoms with Crippen molar-refractivity contribution >= 4 is 17.0 Å². The lowest BCUT2D eigenvalue weighted by Gasteiger charge is -2.08. The monoisotopic (exact) mass is 257 g/mol. The molecule has 0 fully saturated rings. The van der Waals surface area contributed by atoms with Crippen LogP contribution in [-0.4, -0.2) is 36.8 Å². The molecule has 0 radical (unpaired) electrons. The van der Waals surface area contributed by atoms with Gasteiger partial charge in [0, 0.05) is 25.9 Å². The quantitative estimate of drug-likeness (QED) is 0.740. The fraction of sp³-hybridized carbons (Fsp3) is 0.333. The van der Waals surface area contributed by atoms with Crippen molar-refractivity contribution in [3.05, 3.63) is 24.4 Å². The van der Waals surface area contributed by atoms with Crippen LogP contribution in [0.3, 0.4) is 0 Å². The Kier molecular flexibility index (Phi) is 2.86. The molecule has 7 heteroatoms. The lowest BCUT2D eigenvalue weighted by molar-refractivity contribution is 0.800. The van der Waals surface area contributed by atoms with Crippen molar-refractivity contribution in [1.29, 1.82) is 0 Å². The Balaban J connectivity index is 2.22. The van der Waals surface area contributed by atoms with E-state index in [9.17, 15) is 0 Å². The minimum atomic E-state index is 0.558. The molecule has 0 saturated heterocycles. The Morgan fingerprint density at radius 1 is 1.37 bits per heavy atom. The van der Waals surface area contributed by atoms with Gasteiger partial charge in [-0.15, -0.1) is 0 Å². The SMILES string of the molecule is CCCc1nccn1-c1nc(NC)nc2[nH]ncc12. The van der Waals surface area contributed by atoms with Crippen LogP contribution in [0.15, 0.2) is 18.6 Å². The lowest BCUT2D eigenvalue weighted by Crippen LogP contribution is -2.06. The smallest absolute Gasteiger partial charge is 0.226 e. The molecule has 0 saturated carbocycles. The predicted molar refractivity (Wildman–Crippen MR) is 72.3 cm³/mol. The fourth-order valence-electron chi connectivity index (χ4n) is 2.05. The van der Waals surface area contributed by atoms with E-state index in [0.29, 0.717) is 11.6 Å². The summed E-state index contributed by atoms with van der Waals surface area (Å²) in [6.45, 7) is 2.13. The Morgan fingerprint density at radius 3 is 3.05 bits per heavy atom. The molecule has 7 nitrogen and oxygen atoms in total. The minimum Gasteiger partial charge on any atom is -0.357 e. The number of fused-ring (bicyclic) bond motifs is 1. The van der Waals surface area contributed by atoms with E-state index in [0.717, 1.165) is 29.9 Å². The number of aromatic amines is 1. The molecule has 3 heterocycles. The number of hydrogen-bond acceptors (Lipinski definition) is 5. The topological polar surface area (TPSA) is 84.3 Å². The third-order valence-electron chi connectivity index (χ3n) is 2.93. The maximum absolute atomic E-state index is 4.52. The summed E-state index contributed by atoms with van der Waals surface area (Å²) in [5, 5.41) is 10.7. The van der Waals surface area contributed by atoms with E-state index in [1.54, 1.807) is 19.4 Å². The van der Waals surface area contributed by atoms with Crippen LogP contribution in [0.25, 0.3) is 16.9 Å². The second kappa shape index (κ2) is 4.68. The van der Waals surface area contributed by atoms with Crippen molar-refractivity contribution in [2.45, 2.75) is 19.8 Å². The van der Waals surface area contributed by atoms with Crippen molar-refractivity contribution in [3.63, 3.8) is 0 Å². The van der Waals surface area contributed by atoms with Crippen LogP contribution in [0.1, 0.15) is 19.2 Å². The van der Waals surface area contributed by atoms with Gasteiger partial charge in [-0.1, -0.05) is 6.92 Å². The molecule has 3 aromatic heterocycles. The summed E-state index contributed by atoms with van der Waals surface area (Å²) in [7, 11) is 1.79. The number of aromatic nitrogens is 6. The number of aryl methyl sites for hydroxylation is 1. The first-order valence-corrected chi connectivity index (χ1v) is 6.25. The summed E-state index contributed by atoms with van der Waals surface area (Å²) in [5.41, 5.74) is 0.713. The van der Waals surface area contributed by atoms with Crippen LogP contribution >= 0.6 is 0 Å². The number of hydrogen-bond donors (Lipinski definition) is 2. The largest absolute Gasteiger partial charge is 0.357 e. The highest BCUT2D eigenvalue weighted by atomic mass is 15.2. The highest BCUT2D eigenvalue weighted by Gasteiger charge is 2.13. The van der Waals surface area contributed by atoms with E-state index in [1.165, 1.54) is 0 Å². The maximum atomic E-state index is 4.52. The third kappa shape index (κ3) is 1.92. The zero-order valence-electron chi connectivity index (χ0n) is 10.9. The van der Waals surface area contributed by atoms with Crippen LogP contribution in [0, 0.1) is 0 Å². The van der Waals surface area contributed by atoms with Crippen LogP contribution in [0.2, 0.25) is 0 Å². The number of rotatable bonds is 4. The van der Waals surface area contributed by atoms with Gasteiger partial charge in [0.2, 0.25) is 5.95 Å². The van der Waals surface area contributed by atoms with Gasteiger partial charge in [-0.05, 0) is 6.42 Å². The van der Waals surface area contributed by atoms with Gasteiger partial charge >= 0.3 is 0 Å². The number of nitrogens with one attached hydrogen (secondary N) is 2. The molecule has 0 unspecified atom stereocenters. The Morgan fingerprint density at radius 2 is 2.26 bits per heavy atom. The van der Waals surface area contributed by atoms with Crippen molar-refractivity contribution in [2.24, 2.45) is 0 Å². The molecule has 0 aliphatic heterocycles. The van der Waals surface area contributed by atoms with Crippen molar-refractivity contribution in [1.82, 2.24) is 29.7 Å². The Labute approximate surface area is 110 Å². The molecule has 0 bridgehead atoms. The van der Waals surface area contributed by atoms with Crippen LogP contribution in [0.5, 0.6) is 0 Å². The molecule has 2 N–H and O–H groups in total. The van der Waals surface area contributed by atoms with E-state index < -0.39 is 0 Å². The molecule has 0 aliphatic carbocycles. The first kappa shape index (κ1) is 11.6. The average Bonchev–Trinajstić information content (AvgIpc) is 3.06. The number of imidazole rings is 1. The number of nitrogens with zero attached hydrogens (tertiary/aromatic N) is 5. The summed E-state index contributed by atoms with van der Waals surface area (Å²) in [4.78, 5) is 13.2. The second-order valence-corrected chi connectivity index (χ2v) is 4.22. The molecule has 0 aliphatic rings. The van der Waals surface area contributed by atoms with E-state index in [2.05, 4.69) is 37.4 Å². The number of anilines is 1. The predicted octanol–water partition coefficient (Wildman–Crippen LogP) is 1.53. The summed E-state index contributed by atoms with van der Waals surface area (Å²) in [5.74, 6) is 2.35. The van der Waals surface area contributed by atoms with Gasteiger partial charge in [0.1, 0.15) is 5.82 Å². The van der Waals surface area contributed by atoms with E-state index in [4.69, 9.17) is 0 Å². The highest BCUT2D eigenvalue weighted by molar-refractivity contribution is 5.82. The molecule has 98 valence electrons. The molecule has 3 aromatic rings. The standard InChI is InChI=1S/C12H15N7/c1-3-4-9-14-5-6-19(9)11-8-7-15-18-10(8)16-12(13-2)17-11/h5-7H,3-4H2,1-2H3,(H2,13,15,16,17,18). The first-order chi connectivity index (χ1) is 9.33. The summed E-state index contributed by atoms with van der Waals surface area (Å²) >= 11 is 0. The third-order valence-corrected chi connectivity index (χ3v) is 2.93. The fourth-order valence-corrected chi connectivity index (χ4v) is 2.05. The van der Waals surface area contributed by atoms with E-state index in [1.807, 2.05) is 10.8 Å². The molecule has 19 heavy (non-hydrogen) atoms. The zero-order chi connectivity index (χ0) is 13.2. The molecular formula is C12H15N7. The van der Waals surface area contributed by atoms with Gasteiger partial charge in [-0.2, -0.15) is 15.1 Å². The first-order valence-electron chi connectivity index (χ1n) is 6.25. The Hall–Kier alpha value is -2.44. The Bertz CT molecular complexity index is 697. The molecule has 0 spiro atoms. The van der Waals surface area contributed by atoms with Crippen molar-refractivity contribution < 1.29 is 0 Å². The summed E-state index contributed by atoms with van der Waals surface area (Å²) in [6.07, 6.45) is 7.39. The van der Waals surface area contributed by atoms with Gasteiger partial charge < -0.3 is 5.32 Å². The van der Waals surface area contributed by atoms with Gasteiger partial charge in [0.15, 0.2) is 11.5 Å². The van der Waals surface area contributed by atoms with Gasteiger partial charge in [-0.3, -0.25) is 9.67 Å². The van der Waals surface area contributed by atoms with Crippen LogP contribution < -0.4 is 5.32 Å². The van der Waals surface area contributed by atoms with E-state index in [-0.39, 0.29) is 0 Å². The normalized spacial score (nSPS) is 11.1. The van der Waals surface area contributed by atoms with Gasteiger partial charge in [-0.25, -0.2) is 4.98 Å². The minimum absolute atomic E-state index is 0.558. The average molecular weight is 257 g/mol. The molecular weight excluding hydrogens is 242 g/mol. The second-order valence-electron chi connectivity index (χ2n) is 4.22. The van der Waals surface area contributed by atoms with Crippen molar-refractivity contribution in [3.8, 4) is 5.82 Å². The molecule has 3 rings (SSSR count). The molecule has 0 amide bonds. The van der Waals surface area contributed by atoms with Crippen LogP contribution in [-0.2, 0) is 6.42 Å². The van der Waals surface area contributed by atoms with Crippen LogP contribution in [0.4, 0.5) is 5.95 Å². The van der Waals surface area contributed by atoms with Crippen molar-refractivity contribution in [2.75, 3.05) is 12.4 Å². The zero-order valence-corrected chi connectivity index (χ0v) is 10.9. The lowest BCUT2D eigenvalue weighted by atomic mass is 10.3.